The molecule has 0 atom stereocenters. The molecule has 1 saturated heterocycles. The van der Waals surface area contributed by atoms with Gasteiger partial charge in [0.1, 0.15) is 0 Å². The summed E-state index contributed by atoms with van der Waals surface area (Å²) in [5, 5.41) is 11.3. The van der Waals surface area contributed by atoms with Crippen molar-refractivity contribution in [3.05, 3.63) is 0 Å². The van der Waals surface area contributed by atoms with E-state index in [1.54, 1.807) is 6.92 Å². The highest BCUT2D eigenvalue weighted by molar-refractivity contribution is 6.01. The lowest BCUT2D eigenvalue weighted by atomic mass is 10.4. The van der Waals surface area contributed by atoms with Crippen molar-refractivity contribution in [1.29, 1.82) is 0 Å². The third-order valence-electron chi connectivity index (χ3n) is 3.72. The Morgan fingerprint density at radius 1 is 0.909 bits per heavy atom. The van der Waals surface area contributed by atoms with Gasteiger partial charge in [-0.15, -0.1) is 5.06 Å². The average Bonchev–Trinajstić information content (AvgIpc) is 3.09. The average molecular weight is 479 g/mol. The van der Waals surface area contributed by atoms with Crippen LogP contribution in [0, 0.1) is 0 Å². The summed E-state index contributed by atoms with van der Waals surface area (Å²) in [4.78, 5) is 63.6. The Bertz CT molecular complexity index is 600. The van der Waals surface area contributed by atoms with Gasteiger partial charge < -0.3 is 34.3 Å². The number of rotatable bonds is 17. The zero-order valence-electron chi connectivity index (χ0n) is 18.7. The highest BCUT2D eigenvalue weighted by Gasteiger charge is 2.32. The summed E-state index contributed by atoms with van der Waals surface area (Å²) in [7, 11) is 0. The minimum Gasteiger partial charge on any atom is -0.481 e. The van der Waals surface area contributed by atoms with Gasteiger partial charge >= 0.3 is 11.9 Å². The lowest BCUT2D eigenvalue weighted by molar-refractivity contribution is -0.198. The molecule has 1 fully saturated rings. The van der Waals surface area contributed by atoms with Crippen molar-refractivity contribution in [3.8, 4) is 0 Å². The van der Waals surface area contributed by atoms with Crippen LogP contribution in [0.4, 0.5) is 0 Å². The normalized spacial score (nSPS) is 12.8. The van der Waals surface area contributed by atoms with Crippen molar-refractivity contribution in [2.24, 2.45) is 5.90 Å². The summed E-state index contributed by atoms with van der Waals surface area (Å²) in [5.41, 5.74) is 0. The SMILES string of the molecule is CCC(=O)NCCOCCOCCC(=O)ON1C(=O)CCC1=O.NOCCOCCC(=O)O. The number of carbonyl (C=O) groups is 5. The Kier molecular flexibility index (Phi) is 18.4. The number of nitrogens with one attached hydrogen (secondary N) is 1. The van der Waals surface area contributed by atoms with Gasteiger partial charge in [0, 0.05) is 25.8 Å². The Morgan fingerprint density at radius 2 is 1.45 bits per heavy atom. The summed E-state index contributed by atoms with van der Waals surface area (Å²) in [6.07, 6.45) is 0.527. The molecule has 0 aromatic carbocycles. The standard InChI is InChI=1S/C14H22N2O7.C5H11NO4/c1-2-11(17)15-6-8-22-10-9-21-7-5-14(20)23-16-12(18)3-4-13(16)19;6-10-4-3-9-2-1-5(7)8/h2-10H2,1H3,(H,15,17);1-4,6H2,(H,7,8). The van der Waals surface area contributed by atoms with Crippen LogP contribution in [-0.2, 0) is 47.9 Å². The van der Waals surface area contributed by atoms with Gasteiger partial charge in [0.25, 0.3) is 11.8 Å². The molecule has 0 radical (unpaired) electrons. The first-order chi connectivity index (χ1) is 15.8. The van der Waals surface area contributed by atoms with Crippen LogP contribution in [0.5, 0.6) is 0 Å². The molecule has 0 spiro atoms. The van der Waals surface area contributed by atoms with Gasteiger partial charge in [0.15, 0.2) is 0 Å². The molecule has 0 aromatic rings. The lowest BCUT2D eigenvalue weighted by Gasteiger charge is -2.12. The predicted octanol–water partition coefficient (Wildman–Crippen LogP) is -1.09. The number of imide groups is 1. The van der Waals surface area contributed by atoms with E-state index in [9.17, 15) is 24.0 Å². The molecule has 1 heterocycles. The van der Waals surface area contributed by atoms with E-state index in [2.05, 4.69) is 20.9 Å². The summed E-state index contributed by atoms with van der Waals surface area (Å²) in [6.45, 7) is 4.15. The summed E-state index contributed by atoms with van der Waals surface area (Å²) in [5.74, 6) is 2.07. The van der Waals surface area contributed by atoms with E-state index in [4.69, 9.17) is 19.3 Å². The third kappa shape index (κ3) is 17.6. The molecule has 1 rings (SSSR count). The number of hydroxylamine groups is 2. The van der Waals surface area contributed by atoms with E-state index in [1.165, 1.54) is 0 Å². The van der Waals surface area contributed by atoms with E-state index in [0.29, 0.717) is 44.5 Å². The van der Waals surface area contributed by atoms with Gasteiger partial charge in [-0.3, -0.25) is 19.2 Å². The molecule has 1 aliphatic heterocycles. The van der Waals surface area contributed by atoms with Gasteiger partial charge in [-0.2, -0.15) is 0 Å². The Balaban J connectivity index is 0.000000861. The molecule has 0 aliphatic carbocycles. The molecule has 0 unspecified atom stereocenters. The Labute approximate surface area is 191 Å². The molecule has 3 amide bonds. The lowest BCUT2D eigenvalue weighted by Crippen LogP contribution is -2.32. The zero-order chi connectivity index (χ0) is 24.9. The second-order valence-corrected chi connectivity index (χ2v) is 6.35. The van der Waals surface area contributed by atoms with Crippen molar-refractivity contribution in [3.63, 3.8) is 0 Å². The van der Waals surface area contributed by atoms with Crippen molar-refractivity contribution >= 4 is 29.7 Å². The van der Waals surface area contributed by atoms with Crippen LogP contribution in [0.1, 0.15) is 39.0 Å². The van der Waals surface area contributed by atoms with Crippen molar-refractivity contribution in [1.82, 2.24) is 10.4 Å². The van der Waals surface area contributed by atoms with Crippen LogP contribution in [0.2, 0.25) is 0 Å². The summed E-state index contributed by atoms with van der Waals surface area (Å²) >= 11 is 0. The van der Waals surface area contributed by atoms with E-state index in [0.717, 1.165) is 0 Å². The molecule has 14 heteroatoms. The second-order valence-electron chi connectivity index (χ2n) is 6.35. The molecule has 1 aliphatic rings. The molecule has 14 nitrogen and oxygen atoms in total. The first-order valence-electron chi connectivity index (χ1n) is 10.4. The molecule has 0 aromatic heterocycles. The number of carboxylic acid groups (broad SMARTS) is 1. The van der Waals surface area contributed by atoms with Crippen LogP contribution in [-0.4, -0.2) is 92.6 Å². The van der Waals surface area contributed by atoms with Crippen molar-refractivity contribution in [2.75, 3.05) is 52.8 Å². The number of amides is 3. The van der Waals surface area contributed by atoms with Crippen LogP contribution < -0.4 is 11.2 Å². The summed E-state index contributed by atoms with van der Waals surface area (Å²) in [6, 6.07) is 0. The van der Waals surface area contributed by atoms with Gasteiger partial charge in [0.2, 0.25) is 5.91 Å². The van der Waals surface area contributed by atoms with Gasteiger partial charge in [0.05, 0.1) is 59.1 Å². The molecule has 0 saturated carbocycles. The minimum absolute atomic E-state index is 0.0184. The smallest absolute Gasteiger partial charge is 0.335 e. The van der Waals surface area contributed by atoms with E-state index in [-0.39, 0.29) is 51.4 Å². The fourth-order valence-corrected chi connectivity index (χ4v) is 2.04. The van der Waals surface area contributed by atoms with Gasteiger partial charge in [-0.25, -0.2) is 10.7 Å². The number of nitrogens with two attached hydrogens (primary N) is 1. The molecule has 190 valence electrons. The Hall–Kier alpha value is -2.65. The van der Waals surface area contributed by atoms with Gasteiger partial charge in [-0.1, -0.05) is 6.92 Å². The van der Waals surface area contributed by atoms with Crippen molar-refractivity contribution < 1.29 is 53.0 Å². The monoisotopic (exact) mass is 479 g/mol. The highest BCUT2D eigenvalue weighted by atomic mass is 16.7. The molecule has 33 heavy (non-hydrogen) atoms. The maximum atomic E-state index is 11.4. The van der Waals surface area contributed by atoms with Crippen LogP contribution in [0.25, 0.3) is 0 Å². The topological polar surface area (TPSA) is 193 Å². The van der Waals surface area contributed by atoms with Crippen molar-refractivity contribution in [2.45, 2.75) is 39.0 Å². The largest absolute Gasteiger partial charge is 0.481 e. The first kappa shape index (κ1) is 30.3. The molecular weight excluding hydrogens is 446 g/mol. The van der Waals surface area contributed by atoms with E-state index in [1.807, 2.05) is 0 Å². The minimum atomic E-state index is -0.867. The fraction of sp³-hybridized carbons (Fsp3) is 0.737. The number of ether oxygens (including phenoxy) is 3. The molecule has 4 N–H and O–H groups in total. The maximum Gasteiger partial charge on any atom is 0.335 e. The van der Waals surface area contributed by atoms with E-state index < -0.39 is 23.8 Å². The highest BCUT2D eigenvalue weighted by Crippen LogP contribution is 2.12. The second kappa shape index (κ2) is 20.0. The fourth-order valence-electron chi connectivity index (χ4n) is 2.04. The number of hydrogen-bond donors (Lipinski definition) is 3. The maximum absolute atomic E-state index is 11.4. The quantitative estimate of drug-likeness (QED) is 0.130. The number of nitrogens with zero attached hydrogens (tertiary/aromatic N) is 1. The predicted molar refractivity (Wildman–Crippen MR) is 110 cm³/mol. The number of carbonyl (C=O) groups excluding carboxylic acids is 4. The third-order valence-corrected chi connectivity index (χ3v) is 3.72. The van der Waals surface area contributed by atoms with Crippen LogP contribution in [0.15, 0.2) is 0 Å². The number of carboxylic acids is 1. The molecular formula is C19H33N3O11. The van der Waals surface area contributed by atoms with Gasteiger partial charge in [-0.05, 0) is 0 Å². The molecule has 0 bridgehead atoms. The zero-order valence-corrected chi connectivity index (χ0v) is 18.7. The first-order valence-corrected chi connectivity index (χ1v) is 10.4. The Morgan fingerprint density at radius 3 is 2.00 bits per heavy atom. The van der Waals surface area contributed by atoms with Crippen LogP contribution in [0.3, 0.4) is 0 Å². The summed E-state index contributed by atoms with van der Waals surface area (Å²) < 4.78 is 15.2. The van der Waals surface area contributed by atoms with E-state index >= 15 is 0 Å². The van der Waals surface area contributed by atoms with Crippen LogP contribution >= 0.6 is 0 Å². The number of hydrogen-bond acceptors (Lipinski definition) is 11. The number of aliphatic carboxylic acids is 1.